The van der Waals surface area contributed by atoms with Gasteiger partial charge in [-0.05, 0) is 45.1 Å². The van der Waals surface area contributed by atoms with Crippen LogP contribution in [0.4, 0.5) is 5.82 Å². The van der Waals surface area contributed by atoms with E-state index in [1.807, 2.05) is 12.1 Å². The van der Waals surface area contributed by atoms with Crippen molar-refractivity contribution in [3.05, 3.63) is 23.9 Å². The minimum Gasteiger partial charge on any atom is -0.409 e. The normalized spacial score (nSPS) is 11.9. The van der Waals surface area contributed by atoms with Crippen LogP contribution in [0.5, 0.6) is 0 Å². The van der Waals surface area contributed by atoms with Gasteiger partial charge < -0.3 is 20.7 Å². The molecule has 3 N–H and O–H groups in total. The molecule has 0 atom stereocenters. The highest BCUT2D eigenvalue weighted by atomic mass is 16.4. The van der Waals surface area contributed by atoms with Gasteiger partial charge in [0.05, 0.1) is 0 Å². The van der Waals surface area contributed by atoms with Gasteiger partial charge in [0.1, 0.15) is 11.5 Å². The van der Waals surface area contributed by atoms with Crippen LogP contribution < -0.4 is 10.6 Å². The monoisotopic (exact) mass is 293 g/mol. The van der Waals surface area contributed by atoms with Crippen LogP contribution in [0.15, 0.2) is 23.4 Å². The molecule has 0 amide bonds. The average Bonchev–Trinajstić information content (AvgIpc) is 2.54. The van der Waals surface area contributed by atoms with Gasteiger partial charge in [-0.25, -0.2) is 4.98 Å². The Morgan fingerprint density at radius 1 is 1.19 bits per heavy atom. The van der Waals surface area contributed by atoms with Gasteiger partial charge in [0.25, 0.3) is 0 Å². The highest BCUT2D eigenvalue weighted by Gasteiger charge is 2.09. The fourth-order valence-corrected chi connectivity index (χ4v) is 2.25. The predicted molar refractivity (Wildman–Crippen MR) is 87.0 cm³/mol. The zero-order chi connectivity index (χ0) is 15.7. The minimum atomic E-state index is 0.0380. The smallest absolute Gasteiger partial charge is 0.188 e. The van der Waals surface area contributed by atoms with Gasteiger partial charge in [-0.15, -0.1) is 0 Å². The van der Waals surface area contributed by atoms with Crippen molar-refractivity contribution in [2.45, 2.75) is 27.2 Å². The number of anilines is 1. The summed E-state index contributed by atoms with van der Waals surface area (Å²) >= 11 is 0. The summed E-state index contributed by atoms with van der Waals surface area (Å²) in [7, 11) is 0. The molecule has 1 rings (SSSR count). The summed E-state index contributed by atoms with van der Waals surface area (Å²) in [4.78, 5) is 9.07. The van der Waals surface area contributed by atoms with Crippen molar-refractivity contribution in [1.29, 1.82) is 0 Å². The number of amidine groups is 1. The molecule has 6 heteroatoms. The molecule has 118 valence electrons. The van der Waals surface area contributed by atoms with Crippen LogP contribution in [-0.2, 0) is 0 Å². The van der Waals surface area contributed by atoms with Gasteiger partial charge in [-0.3, -0.25) is 0 Å². The predicted octanol–water partition coefficient (Wildman–Crippen LogP) is 1.73. The molecule has 0 saturated heterocycles. The second-order valence-electron chi connectivity index (χ2n) is 4.83. The lowest BCUT2D eigenvalue weighted by molar-refractivity contribution is 0.300. The highest BCUT2D eigenvalue weighted by Crippen LogP contribution is 2.12. The third-order valence-electron chi connectivity index (χ3n) is 3.61. The zero-order valence-electron chi connectivity index (χ0n) is 13.3. The first-order chi connectivity index (χ1) is 10.2. The molecule has 1 aromatic heterocycles. The summed E-state index contributed by atoms with van der Waals surface area (Å²) in [5, 5.41) is 11.7. The van der Waals surface area contributed by atoms with Gasteiger partial charge in [0, 0.05) is 13.1 Å². The Kier molecular flexibility index (Phi) is 7.53. The van der Waals surface area contributed by atoms with Gasteiger partial charge in [0.2, 0.25) is 0 Å². The molecule has 0 saturated carbocycles. The van der Waals surface area contributed by atoms with Gasteiger partial charge >= 0.3 is 0 Å². The number of nitrogens with zero attached hydrogens (tertiary/aromatic N) is 4. The van der Waals surface area contributed by atoms with E-state index in [0.29, 0.717) is 5.69 Å². The Labute approximate surface area is 127 Å². The van der Waals surface area contributed by atoms with Crippen LogP contribution in [0, 0.1) is 0 Å². The van der Waals surface area contributed by atoms with Crippen molar-refractivity contribution in [1.82, 2.24) is 9.88 Å². The molecule has 0 aliphatic heterocycles. The Hall–Kier alpha value is -1.82. The van der Waals surface area contributed by atoms with Crippen LogP contribution in [0.25, 0.3) is 0 Å². The second-order valence-corrected chi connectivity index (χ2v) is 4.83. The largest absolute Gasteiger partial charge is 0.409 e. The molecule has 0 aliphatic carbocycles. The van der Waals surface area contributed by atoms with Crippen molar-refractivity contribution >= 4 is 11.7 Å². The highest BCUT2D eigenvalue weighted by molar-refractivity contribution is 5.95. The SMILES string of the molecule is CCN(CC)CCCN(CC)c1cccc(/C(N)=N/O)n1. The van der Waals surface area contributed by atoms with Crippen LogP contribution >= 0.6 is 0 Å². The Morgan fingerprint density at radius 2 is 1.90 bits per heavy atom. The van der Waals surface area contributed by atoms with E-state index in [9.17, 15) is 0 Å². The molecular formula is C15H27N5O. The summed E-state index contributed by atoms with van der Waals surface area (Å²) in [5.41, 5.74) is 6.09. The summed E-state index contributed by atoms with van der Waals surface area (Å²) in [6.07, 6.45) is 1.09. The van der Waals surface area contributed by atoms with E-state index < -0.39 is 0 Å². The molecule has 0 unspecified atom stereocenters. The number of oxime groups is 1. The molecule has 0 spiro atoms. The molecule has 0 bridgehead atoms. The summed E-state index contributed by atoms with van der Waals surface area (Å²) in [5.74, 6) is 0.900. The maximum Gasteiger partial charge on any atom is 0.188 e. The van der Waals surface area contributed by atoms with Crippen molar-refractivity contribution in [2.75, 3.05) is 37.6 Å². The van der Waals surface area contributed by atoms with Gasteiger partial charge in [-0.1, -0.05) is 25.1 Å². The van der Waals surface area contributed by atoms with Crippen LogP contribution in [-0.4, -0.2) is 53.7 Å². The third-order valence-corrected chi connectivity index (χ3v) is 3.61. The number of aromatic nitrogens is 1. The van der Waals surface area contributed by atoms with Crippen molar-refractivity contribution in [3.63, 3.8) is 0 Å². The Balaban J connectivity index is 2.67. The average molecular weight is 293 g/mol. The molecule has 0 aromatic carbocycles. The summed E-state index contributed by atoms with van der Waals surface area (Å²) < 4.78 is 0. The van der Waals surface area contributed by atoms with Gasteiger partial charge in [0.15, 0.2) is 5.84 Å². The third kappa shape index (κ3) is 5.23. The number of pyridine rings is 1. The number of rotatable bonds is 9. The number of nitrogens with two attached hydrogens (primary N) is 1. The maximum absolute atomic E-state index is 8.74. The van der Waals surface area contributed by atoms with Crippen molar-refractivity contribution in [2.24, 2.45) is 10.9 Å². The maximum atomic E-state index is 8.74. The van der Waals surface area contributed by atoms with Crippen molar-refractivity contribution < 1.29 is 5.21 Å². The molecule has 6 nitrogen and oxygen atoms in total. The number of hydrogen-bond donors (Lipinski definition) is 2. The topological polar surface area (TPSA) is 78.0 Å². The van der Waals surface area contributed by atoms with E-state index in [-0.39, 0.29) is 5.84 Å². The van der Waals surface area contributed by atoms with E-state index in [2.05, 4.69) is 40.7 Å². The molecule has 0 radical (unpaired) electrons. The lowest BCUT2D eigenvalue weighted by Crippen LogP contribution is -2.30. The first-order valence-corrected chi connectivity index (χ1v) is 7.58. The van der Waals surface area contributed by atoms with Crippen molar-refractivity contribution in [3.8, 4) is 0 Å². The Bertz CT molecular complexity index is 445. The van der Waals surface area contributed by atoms with E-state index in [1.54, 1.807) is 6.07 Å². The van der Waals surface area contributed by atoms with Crippen LogP contribution in [0.3, 0.4) is 0 Å². The van der Waals surface area contributed by atoms with E-state index >= 15 is 0 Å². The van der Waals surface area contributed by atoms with Gasteiger partial charge in [-0.2, -0.15) is 0 Å². The first kappa shape index (κ1) is 17.2. The first-order valence-electron chi connectivity index (χ1n) is 7.58. The summed E-state index contributed by atoms with van der Waals surface area (Å²) in [6.45, 7) is 11.6. The lowest BCUT2D eigenvalue weighted by Gasteiger charge is -2.24. The molecular weight excluding hydrogens is 266 g/mol. The lowest BCUT2D eigenvalue weighted by atomic mass is 10.3. The van der Waals surface area contributed by atoms with E-state index in [0.717, 1.165) is 45.0 Å². The van der Waals surface area contributed by atoms with Crippen LogP contribution in [0.2, 0.25) is 0 Å². The van der Waals surface area contributed by atoms with E-state index in [4.69, 9.17) is 10.9 Å². The zero-order valence-corrected chi connectivity index (χ0v) is 13.3. The fraction of sp³-hybridized carbons (Fsp3) is 0.600. The molecule has 21 heavy (non-hydrogen) atoms. The van der Waals surface area contributed by atoms with E-state index in [1.165, 1.54) is 0 Å². The van der Waals surface area contributed by atoms with Crippen LogP contribution in [0.1, 0.15) is 32.9 Å². The molecule has 1 aromatic rings. The fourth-order valence-electron chi connectivity index (χ4n) is 2.25. The molecule has 0 aliphatic rings. The quantitative estimate of drug-likeness (QED) is 0.314. The second kappa shape index (κ2) is 9.18. The number of hydrogen-bond acceptors (Lipinski definition) is 5. The molecule has 1 heterocycles. The molecule has 0 fully saturated rings. The Morgan fingerprint density at radius 3 is 2.48 bits per heavy atom. The standard InChI is InChI=1S/C15H27N5O/c1-4-19(5-2)11-8-12-20(6-3)14-10-7-9-13(17-14)15(16)18-21/h7,9-10,21H,4-6,8,11-12H2,1-3H3,(H2,16,18). The summed E-state index contributed by atoms with van der Waals surface area (Å²) in [6, 6.07) is 5.57. The minimum absolute atomic E-state index is 0.0380.